The van der Waals surface area contributed by atoms with E-state index in [-0.39, 0.29) is 38.2 Å². The Labute approximate surface area is 251 Å². The number of para-hydroxylation sites is 2. The molecule has 0 saturated carbocycles. The Morgan fingerprint density at radius 1 is 0.525 bits per heavy atom. The molecule has 1 heterocycles. The van der Waals surface area contributed by atoms with E-state index in [9.17, 15) is 2.74 Å². The molecule has 188 valence electrons. The molecule has 0 saturated heterocycles. The number of furan rings is 1. The van der Waals surface area contributed by atoms with E-state index in [0.717, 1.165) is 16.3 Å². The molecular formula is C39H26O. The second-order valence-electron chi connectivity index (χ2n) is 9.50. The molecule has 0 radical (unpaired) electrons. The fraction of sp³-hybridized carbons (Fsp3) is 0.0256. The molecule has 0 aliphatic carbocycles. The lowest BCUT2D eigenvalue weighted by Crippen LogP contribution is -1.95. The standard InChI is InChI=1S/C39H26O/c1-2-12-26(13-3-1)24-36-30-16-4-6-19-33(30)38(34-20-7-5-17-31(34)36)28-15-10-14-27(25-28)29-21-11-22-35-32-18-8-9-23-37(32)40-39(29)35/h1-23,25H,24H2/i1D,2D,3D,4D,5D,6D,7D,12D,13D,16D,17D,19D,20D. The summed E-state index contributed by atoms with van der Waals surface area (Å²) in [5, 5.41) is 1.59. The molecule has 0 bridgehead atoms. The van der Waals surface area contributed by atoms with Crippen LogP contribution in [0.15, 0.2) is 150 Å². The van der Waals surface area contributed by atoms with E-state index >= 15 is 0 Å². The Bertz CT molecular complexity index is 2800. The predicted octanol–water partition coefficient (Wildman–Crippen LogP) is 10.8. The zero-order chi connectivity index (χ0) is 37.8. The van der Waals surface area contributed by atoms with E-state index < -0.39 is 85.0 Å². The van der Waals surface area contributed by atoms with Gasteiger partial charge in [-0.3, -0.25) is 0 Å². The zero-order valence-electron chi connectivity index (χ0n) is 34.0. The molecule has 1 nitrogen and oxygen atoms in total. The summed E-state index contributed by atoms with van der Waals surface area (Å²) < 4.78 is 119. The molecule has 0 spiro atoms. The van der Waals surface area contributed by atoms with Crippen molar-refractivity contribution in [3.05, 3.63) is 156 Å². The van der Waals surface area contributed by atoms with Crippen molar-refractivity contribution >= 4 is 43.5 Å². The SMILES string of the molecule is [2H]c1c([2H])c([2H])c(Cc2c3c([2H])c([2H])c([2H])c([2H])c3c(-c3cccc(-c4cccc5c4oc4ccccc45)c3)c3c([2H])c([2H])c([2H])c([2H])c23)c([2H])c1[2H]. The smallest absolute Gasteiger partial charge is 0.143 e. The Morgan fingerprint density at radius 3 is 1.93 bits per heavy atom. The maximum Gasteiger partial charge on any atom is 0.143 e. The van der Waals surface area contributed by atoms with E-state index in [4.69, 9.17) is 19.5 Å². The lowest BCUT2D eigenvalue weighted by Gasteiger charge is -2.18. The minimum Gasteiger partial charge on any atom is -0.455 e. The van der Waals surface area contributed by atoms with Crippen LogP contribution in [0.2, 0.25) is 0 Å². The van der Waals surface area contributed by atoms with Gasteiger partial charge in [-0.05, 0) is 67.9 Å². The molecule has 1 aromatic heterocycles. The summed E-state index contributed by atoms with van der Waals surface area (Å²) in [6.45, 7) is 0. The Kier molecular flexibility index (Phi) is 3.07. The minimum absolute atomic E-state index is 0.0144. The molecule has 0 unspecified atom stereocenters. The van der Waals surface area contributed by atoms with Gasteiger partial charge in [0.15, 0.2) is 0 Å². The molecule has 40 heavy (non-hydrogen) atoms. The van der Waals surface area contributed by atoms with Crippen molar-refractivity contribution in [3.63, 3.8) is 0 Å². The van der Waals surface area contributed by atoms with Crippen LogP contribution in [0.25, 0.3) is 65.7 Å². The van der Waals surface area contributed by atoms with Gasteiger partial charge >= 0.3 is 0 Å². The first-order chi connectivity index (χ1) is 25.2. The van der Waals surface area contributed by atoms with Crippen molar-refractivity contribution in [3.8, 4) is 22.3 Å². The van der Waals surface area contributed by atoms with Gasteiger partial charge in [0.25, 0.3) is 0 Å². The van der Waals surface area contributed by atoms with Gasteiger partial charge in [0.1, 0.15) is 11.2 Å². The number of fused-ring (bicyclic) bond motifs is 5. The van der Waals surface area contributed by atoms with E-state index in [1.807, 2.05) is 48.5 Å². The van der Waals surface area contributed by atoms with Crippen LogP contribution in [0.3, 0.4) is 0 Å². The molecule has 8 aromatic rings. The van der Waals surface area contributed by atoms with Crippen LogP contribution < -0.4 is 0 Å². The molecule has 1 heteroatoms. The molecule has 0 amide bonds. The minimum atomic E-state index is -0.615. The lowest BCUT2D eigenvalue weighted by atomic mass is 9.85. The molecule has 0 N–H and O–H groups in total. The number of hydrogen-bond acceptors (Lipinski definition) is 1. The van der Waals surface area contributed by atoms with Gasteiger partial charge in [0.2, 0.25) is 0 Å². The Morgan fingerprint density at radius 2 is 1.15 bits per heavy atom. The zero-order valence-corrected chi connectivity index (χ0v) is 21.0. The van der Waals surface area contributed by atoms with Crippen molar-refractivity contribution in [1.29, 1.82) is 0 Å². The van der Waals surface area contributed by atoms with Crippen molar-refractivity contribution in [2.24, 2.45) is 0 Å². The molecule has 8 rings (SSSR count). The third-order valence-corrected chi connectivity index (χ3v) is 7.25. The number of rotatable bonds is 4. The summed E-state index contributed by atoms with van der Waals surface area (Å²) in [7, 11) is 0. The fourth-order valence-corrected chi connectivity index (χ4v) is 5.53. The summed E-state index contributed by atoms with van der Waals surface area (Å²) in [5.41, 5.74) is 3.07. The van der Waals surface area contributed by atoms with Crippen LogP contribution in [-0.2, 0) is 6.42 Å². The predicted molar refractivity (Wildman–Crippen MR) is 169 cm³/mol. The van der Waals surface area contributed by atoms with Crippen LogP contribution in [0.4, 0.5) is 0 Å². The van der Waals surface area contributed by atoms with Crippen LogP contribution in [0, 0.1) is 0 Å². The highest BCUT2D eigenvalue weighted by Crippen LogP contribution is 2.42. The monoisotopic (exact) mass is 523 g/mol. The summed E-state index contributed by atoms with van der Waals surface area (Å²) in [6, 6.07) is 13.3. The third kappa shape index (κ3) is 3.63. The average Bonchev–Trinajstić information content (AvgIpc) is 3.56. The summed E-state index contributed by atoms with van der Waals surface area (Å²) >= 11 is 0. The topological polar surface area (TPSA) is 13.1 Å². The second kappa shape index (κ2) is 9.25. The molecule has 7 aromatic carbocycles. The first-order valence-electron chi connectivity index (χ1n) is 19.3. The van der Waals surface area contributed by atoms with E-state index in [2.05, 4.69) is 0 Å². The Balaban J connectivity index is 1.54. The van der Waals surface area contributed by atoms with Gasteiger partial charge in [0, 0.05) is 16.3 Å². The summed E-state index contributed by atoms with van der Waals surface area (Å²) in [4.78, 5) is 0. The first kappa shape index (κ1) is 13.3. The van der Waals surface area contributed by atoms with E-state index in [1.165, 1.54) is 0 Å². The lowest BCUT2D eigenvalue weighted by molar-refractivity contribution is 0.670. The normalized spacial score (nSPS) is 16.1. The van der Waals surface area contributed by atoms with Crippen molar-refractivity contribution in [1.82, 2.24) is 0 Å². The molecular weight excluding hydrogens is 484 g/mol. The average molecular weight is 524 g/mol. The quantitative estimate of drug-likeness (QED) is 0.209. The van der Waals surface area contributed by atoms with Crippen LogP contribution in [0.5, 0.6) is 0 Å². The molecule has 0 atom stereocenters. The van der Waals surface area contributed by atoms with Crippen molar-refractivity contribution in [2.45, 2.75) is 6.42 Å². The van der Waals surface area contributed by atoms with Crippen LogP contribution in [0.1, 0.15) is 28.9 Å². The van der Waals surface area contributed by atoms with Gasteiger partial charge in [-0.25, -0.2) is 0 Å². The third-order valence-electron chi connectivity index (χ3n) is 7.25. The van der Waals surface area contributed by atoms with Gasteiger partial charge < -0.3 is 4.42 Å². The second-order valence-corrected chi connectivity index (χ2v) is 9.50. The van der Waals surface area contributed by atoms with Crippen molar-refractivity contribution in [2.75, 3.05) is 0 Å². The maximum atomic E-state index is 9.20. The highest BCUT2D eigenvalue weighted by molar-refractivity contribution is 6.16. The summed E-state index contributed by atoms with van der Waals surface area (Å²) in [6.07, 6.45) is -0.485. The summed E-state index contributed by atoms with van der Waals surface area (Å²) in [5.74, 6) is 0. The van der Waals surface area contributed by atoms with Gasteiger partial charge in [0.05, 0.1) is 17.8 Å². The van der Waals surface area contributed by atoms with Gasteiger partial charge in [-0.2, -0.15) is 0 Å². The maximum absolute atomic E-state index is 9.20. The highest BCUT2D eigenvalue weighted by atomic mass is 16.3. The highest BCUT2D eigenvalue weighted by Gasteiger charge is 2.17. The van der Waals surface area contributed by atoms with Crippen LogP contribution in [-0.4, -0.2) is 0 Å². The van der Waals surface area contributed by atoms with Gasteiger partial charge in [-0.1, -0.05) is 133 Å². The first-order valence-corrected chi connectivity index (χ1v) is 12.8. The van der Waals surface area contributed by atoms with E-state index in [0.29, 0.717) is 22.3 Å². The fourth-order valence-electron chi connectivity index (χ4n) is 5.53. The number of benzene rings is 7. The Hall–Kier alpha value is -5.14. The molecule has 0 aliphatic rings. The van der Waals surface area contributed by atoms with Gasteiger partial charge in [-0.15, -0.1) is 0 Å². The van der Waals surface area contributed by atoms with Crippen molar-refractivity contribution < 1.29 is 22.2 Å². The largest absolute Gasteiger partial charge is 0.455 e. The van der Waals surface area contributed by atoms with E-state index in [1.54, 1.807) is 18.2 Å². The van der Waals surface area contributed by atoms with Crippen LogP contribution >= 0.6 is 0 Å². The number of hydrogen-bond donors (Lipinski definition) is 0. The molecule has 0 fully saturated rings. The molecule has 0 aliphatic heterocycles.